The third kappa shape index (κ3) is 2.90. The van der Waals surface area contributed by atoms with E-state index in [1.165, 1.54) is 12.8 Å². The van der Waals surface area contributed by atoms with Crippen molar-refractivity contribution < 1.29 is 5.11 Å². The van der Waals surface area contributed by atoms with Crippen LogP contribution in [0.2, 0.25) is 0 Å². The molecular weight excluding hydrogens is 228 g/mol. The first-order chi connectivity index (χ1) is 8.61. The van der Waals surface area contributed by atoms with E-state index < -0.39 is 0 Å². The molecule has 5 nitrogen and oxygen atoms in total. The lowest BCUT2D eigenvalue weighted by Crippen LogP contribution is -2.23. The van der Waals surface area contributed by atoms with Crippen molar-refractivity contribution in [3.05, 3.63) is 11.6 Å². The Bertz CT molecular complexity index is 380. The van der Waals surface area contributed by atoms with Crippen LogP contribution in [0.25, 0.3) is 0 Å². The summed E-state index contributed by atoms with van der Waals surface area (Å²) in [5, 5.41) is 18.0. The molecule has 1 aromatic rings. The first kappa shape index (κ1) is 13.5. The van der Waals surface area contributed by atoms with Crippen molar-refractivity contribution in [2.75, 3.05) is 6.54 Å². The number of nitrogens with zero attached hydrogens (tertiary/aromatic N) is 3. The van der Waals surface area contributed by atoms with E-state index in [-0.39, 0.29) is 6.10 Å². The Morgan fingerprint density at radius 3 is 2.56 bits per heavy atom. The Morgan fingerprint density at radius 1 is 1.33 bits per heavy atom. The fourth-order valence-electron chi connectivity index (χ4n) is 2.85. The molecule has 3 N–H and O–H groups in total. The van der Waals surface area contributed by atoms with Crippen molar-refractivity contribution in [3.63, 3.8) is 0 Å². The van der Waals surface area contributed by atoms with Crippen LogP contribution >= 0.6 is 0 Å². The van der Waals surface area contributed by atoms with Crippen molar-refractivity contribution in [1.29, 1.82) is 0 Å². The van der Waals surface area contributed by atoms with Crippen LogP contribution in [-0.2, 0) is 6.54 Å². The quantitative estimate of drug-likeness (QED) is 0.844. The maximum atomic E-state index is 9.56. The van der Waals surface area contributed by atoms with Gasteiger partial charge in [0.15, 0.2) is 0 Å². The Morgan fingerprint density at radius 2 is 2.00 bits per heavy atom. The molecule has 102 valence electrons. The molecule has 1 aliphatic carbocycles. The molecular formula is C13H24N4O. The first-order valence-corrected chi connectivity index (χ1v) is 6.89. The smallest absolute Gasteiger partial charge is 0.136 e. The van der Waals surface area contributed by atoms with Gasteiger partial charge in [0.05, 0.1) is 12.6 Å². The zero-order chi connectivity index (χ0) is 13.1. The zero-order valence-electron chi connectivity index (χ0n) is 11.3. The molecule has 2 rings (SSSR count). The monoisotopic (exact) mass is 252 g/mol. The van der Waals surface area contributed by atoms with Crippen LogP contribution in [-0.4, -0.2) is 32.5 Å². The Labute approximate surface area is 108 Å². The summed E-state index contributed by atoms with van der Waals surface area (Å²) in [4.78, 5) is 0. The normalized spacial score (nSPS) is 26.2. The van der Waals surface area contributed by atoms with Gasteiger partial charge in [0.2, 0.25) is 0 Å². The van der Waals surface area contributed by atoms with Crippen molar-refractivity contribution in [1.82, 2.24) is 14.8 Å². The van der Waals surface area contributed by atoms with Gasteiger partial charge in [0, 0.05) is 5.92 Å². The zero-order valence-corrected chi connectivity index (χ0v) is 11.3. The van der Waals surface area contributed by atoms with E-state index in [1.54, 1.807) is 6.92 Å². The summed E-state index contributed by atoms with van der Waals surface area (Å²) in [5.74, 6) is 3.10. The molecule has 0 saturated heterocycles. The number of aliphatic hydroxyl groups excluding tert-OH is 1. The van der Waals surface area contributed by atoms with Crippen LogP contribution in [0.1, 0.15) is 50.2 Å². The fraction of sp³-hybridized carbons (Fsp3) is 0.846. The average molecular weight is 252 g/mol. The highest BCUT2D eigenvalue weighted by Crippen LogP contribution is 2.34. The molecule has 1 heterocycles. The lowest BCUT2D eigenvalue weighted by molar-refractivity contribution is 0.169. The third-order valence-electron chi connectivity index (χ3n) is 3.96. The van der Waals surface area contributed by atoms with Gasteiger partial charge in [-0.25, -0.2) is 0 Å². The van der Waals surface area contributed by atoms with Crippen molar-refractivity contribution in [2.24, 2.45) is 11.7 Å². The van der Waals surface area contributed by atoms with Gasteiger partial charge in [-0.1, -0.05) is 0 Å². The number of nitrogens with two attached hydrogens (primary N) is 1. The predicted molar refractivity (Wildman–Crippen MR) is 70.2 cm³/mol. The topological polar surface area (TPSA) is 77.0 Å². The highest BCUT2D eigenvalue weighted by Gasteiger charge is 2.26. The van der Waals surface area contributed by atoms with Crippen LogP contribution < -0.4 is 5.73 Å². The molecule has 1 atom stereocenters. The maximum Gasteiger partial charge on any atom is 0.136 e. The minimum absolute atomic E-state index is 0.362. The molecule has 5 heteroatoms. The number of hydrogen-bond acceptors (Lipinski definition) is 4. The van der Waals surface area contributed by atoms with Crippen molar-refractivity contribution in [3.8, 4) is 0 Å². The van der Waals surface area contributed by atoms with E-state index in [2.05, 4.69) is 14.8 Å². The number of aliphatic hydroxyl groups is 1. The molecule has 0 aliphatic heterocycles. The Balaban J connectivity index is 2.09. The van der Waals surface area contributed by atoms with Crippen LogP contribution in [0.4, 0.5) is 0 Å². The van der Waals surface area contributed by atoms with E-state index in [0.717, 1.165) is 31.0 Å². The van der Waals surface area contributed by atoms with E-state index >= 15 is 0 Å². The second-order valence-corrected chi connectivity index (χ2v) is 5.52. The van der Waals surface area contributed by atoms with E-state index in [9.17, 15) is 5.11 Å². The van der Waals surface area contributed by atoms with Gasteiger partial charge < -0.3 is 15.4 Å². The van der Waals surface area contributed by atoms with Crippen LogP contribution in [0, 0.1) is 12.8 Å². The van der Waals surface area contributed by atoms with Crippen LogP contribution in [0.15, 0.2) is 0 Å². The minimum Gasteiger partial charge on any atom is -0.392 e. The Kier molecular flexibility index (Phi) is 4.35. The number of aromatic nitrogens is 3. The van der Waals surface area contributed by atoms with Gasteiger partial charge in [-0.3, -0.25) is 0 Å². The Hall–Kier alpha value is -0.940. The van der Waals surface area contributed by atoms with Crippen molar-refractivity contribution in [2.45, 2.75) is 58.1 Å². The molecule has 0 amide bonds. The molecule has 1 saturated carbocycles. The SMILES string of the molecule is Cc1nnc(C2CCC(CN)CC2)n1CC(C)O. The molecule has 0 bridgehead atoms. The summed E-state index contributed by atoms with van der Waals surface area (Å²) in [6.45, 7) is 5.13. The first-order valence-electron chi connectivity index (χ1n) is 6.89. The minimum atomic E-state index is -0.362. The van der Waals surface area contributed by atoms with E-state index in [0.29, 0.717) is 18.4 Å². The number of rotatable bonds is 4. The van der Waals surface area contributed by atoms with Gasteiger partial charge in [-0.15, -0.1) is 10.2 Å². The maximum absolute atomic E-state index is 9.56. The highest BCUT2D eigenvalue weighted by atomic mass is 16.3. The molecule has 0 aromatic carbocycles. The summed E-state index contributed by atoms with van der Waals surface area (Å²) in [7, 11) is 0. The van der Waals surface area contributed by atoms with Gasteiger partial charge in [0.25, 0.3) is 0 Å². The number of hydrogen-bond donors (Lipinski definition) is 2. The van der Waals surface area contributed by atoms with E-state index in [1.807, 2.05) is 6.92 Å². The molecule has 1 fully saturated rings. The molecule has 1 unspecified atom stereocenters. The number of aryl methyl sites for hydroxylation is 1. The molecule has 1 aromatic heterocycles. The summed E-state index contributed by atoms with van der Waals surface area (Å²) in [6.07, 6.45) is 4.28. The highest BCUT2D eigenvalue weighted by molar-refractivity contribution is 5.03. The summed E-state index contributed by atoms with van der Waals surface area (Å²) in [5.41, 5.74) is 5.72. The lowest BCUT2D eigenvalue weighted by Gasteiger charge is -2.27. The van der Waals surface area contributed by atoms with Gasteiger partial charge in [0.1, 0.15) is 11.6 Å². The summed E-state index contributed by atoms with van der Waals surface area (Å²) in [6, 6.07) is 0. The van der Waals surface area contributed by atoms with Gasteiger partial charge in [-0.2, -0.15) is 0 Å². The van der Waals surface area contributed by atoms with Crippen LogP contribution in [0.3, 0.4) is 0 Å². The standard InChI is InChI=1S/C13H24N4O/c1-9(18)8-17-10(2)15-16-13(17)12-5-3-11(7-14)4-6-12/h9,11-12,18H,3-8,14H2,1-2H3. The summed E-state index contributed by atoms with van der Waals surface area (Å²) < 4.78 is 2.07. The van der Waals surface area contributed by atoms with Gasteiger partial charge in [-0.05, 0) is 52.0 Å². The van der Waals surface area contributed by atoms with Crippen LogP contribution in [0.5, 0.6) is 0 Å². The molecule has 0 radical (unpaired) electrons. The van der Waals surface area contributed by atoms with Crippen molar-refractivity contribution >= 4 is 0 Å². The molecule has 18 heavy (non-hydrogen) atoms. The third-order valence-corrected chi connectivity index (χ3v) is 3.96. The lowest BCUT2D eigenvalue weighted by atomic mass is 9.81. The average Bonchev–Trinajstić information content (AvgIpc) is 2.71. The fourth-order valence-corrected chi connectivity index (χ4v) is 2.85. The van der Waals surface area contributed by atoms with Gasteiger partial charge >= 0.3 is 0 Å². The summed E-state index contributed by atoms with van der Waals surface area (Å²) >= 11 is 0. The largest absolute Gasteiger partial charge is 0.392 e. The second-order valence-electron chi connectivity index (χ2n) is 5.52. The second kappa shape index (κ2) is 5.80. The predicted octanol–water partition coefficient (Wildman–Crippen LogP) is 1.20. The molecule has 1 aliphatic rings. The van der Waals surface area contributed by atoms with E-state index in [4.69, 9.17) is 5.73 Å². The molecule has 0 spiro atoms.